The summed E-state index contributed by atoms with van der Waals surface area (Å²) in [6.45, 7) is 3.43. The van der Waals surface area contributed by atoms with Gasteiger partial charge in [0.25, 0.3) is 0 Å². The lowest BCUT2D eigenvalue weighted by Crippen LogP contribution is -2.21. The van der Waals surface area contributed by atoms with Gasteiger partial charge in [0.05, 0.1) is 6.54 Å². The van der Waals surface area contributed by atoms with Crippen LogP contribution in [0.25, 0.3) is 0 Å². The molecular weight excluding hydrogens is 218 g/mol. The number of hydrogen-bond acceptors (Lipinski definition) is 3. The molecule has 0 aliphatic heterocycles. The van der Waals surface area contributed by atoms with Crippen molar-refractivity contribution in [2.24, 2.45) is 0 Å². The summed E-state index contributed by atoms with van der Waals surface area (Å²) in [5.41, 5.74) is 0.181. The molecule has 1 aromatic rings. The average molecular weight is 233 g/mol. The molecule has 0 spiro atoms. The Morgan fingerprint density at radius 3 is 2.94 bits per heavy atom. The SMILES string of the molecule is CC#CCNCCOc1ccccc1C(=O)O. The highest BCUT2D eigenvalue weighted by Gasteiger charge is 2.09. The van der Waals surface area contributed by atoms with Crippen molar-refractivity contribution >= 4 is 5.97 Å². The van der Waals surface area contributed by atoms with E-state index in [0.29, 0.717) is 25.4 Å². The van der Waals surface area contributed by atoms with Gasteiger partial charge in [-0.3, -0.25) is 0 Å². The molecule has 0 atom stereocenters. The number of carbonyl (C=O) groups is 1. The van der Waals surface area contributed by atoms with Crippen LogP contribution in [0.2, 0.25) is 0 Å². The van der Waals surface area contributed by atoms with Crippen molar-refractivity contribution in [1.29, 1.82) is 0 Å². The van der Waals surface area contributed by atoms with E-state index in [2.05, 4.69) is 17.2 Å². The number of aromatic carboxylic acids is 1. The van der Waals surface area contributed by atoms with Crippen molar-refractivity contribution in [1.82, 2.24) is 5.32 Å². The predicted octanol–water partition coefficient (Wildman–Crippen LogP) is 1.38. The van der Waals surface area contributed by atoms with Crippen LogP contribution in [0.4, 0.5) is 0 Å². The van der Waals surface area contributed by atoms with E-state index in [1.807, 2.05) is 0 Å². The normalized spacial score (nSPS) is 9.24. The second-order valence-corrected chi connectivity index (χ2v) is 3.25. The van der Waals surface area contributed by atoms with Crippen molar-refractivity contribution in [3.63, 3.8) is 0 Å². The van der Waals surface area contributed by atoms with Gasteiger partial charge in [0.15, 0.2) is 0 Å². The molecular formula is C13H15NO3. The highest BCUT2D eigenvalue weighted by atomic mass is 16.5. The van der Waals surface area contributed by atoms with Crippen LogP contribution in [-0.2, 0) is 0 Å². The van der Waals surface area contributed by atoms with Gasteiger partial charge in [0, 0.05) is 6.54 Å². The topological polar surface area (TPSA) is 58.6 Å². The Bertz CT molecular complexity index is 432. The van der Waals surface area contributed by atoms with Crippen LogP contribution < -0.4 is 10.1 Å². The Labute approximate surface area is 101 Å². The number of rotatable bonds is 6. The number of carboxylic acids is 1. The minimum atomic E-state index is -0.981. The minimum Gasteiger partial charge on any atom is -0.491 e. The van der Waals surface area contributed by atoms with E-state index in [-0.39, 0.29) is 5.56 Å². The highest BCUT2D eigenvalue weighted by molar-refractivity contribution is 5.90. The molecule has 0 unspecified atom stereocenters. The third-order valence-electron chi connectivity index (χ3n) is 2.04. The second-order valence-electron chi connectivity index (χ2n) is 3.25. The first-order valence-electron chi connectivity index (χ1n) is 5.31. The molecule has 0 radical (unpaired) electrons. The van der Waals surface area contributed by atoms with Crippen molar-refractivity contribution in [2.75, 3.05) is 19.7 Å². The van der Waals surface area contributed by atoms with Gasteiger partial charge in [0.2, 0.25) is 0 Å². The third-order valence-corrected chi connectivity index (χ3v) is 2.04. The summed E-state index contributed by atoms with van der Waals surface area (Å²) in [4.78, 5) is 10.9. The van der Waals surface area contributed by atoms with Crippen LogP contribution in [-0.4, -0.2) is 30.8 Å². The van der Waals surface area contributed by atoms with Gasteiger partial charge in [-0.15, -0.1) is 5.92 Å². The maximum absolute atomic E-state index is 10.9. The maximum atomic E-state index is 10.9. The number of ether oxygens (including phenoxy) is 1. The van der Waals surface area contributed by atoms with Gasteiger partial charge in [-0.2, -0.15) is 0 Å². The summed E-state index contributed by atoms with van der Waals surface area (Å²) in [5.74, 6) is 5.05. The third kappa shape index (κ3) is 4.58. The van der Waals surface area contributed by atoms with Crippen molar-refractivity contribution in [3.05, 3.63) is 29.8 Å². The van der Waals surface area contributed by atoms with Crippen molar-refractivity contribution < 1.29 is 14.6 Å². The molecule has 0 aromatic heterocycles. The van der Waals surface area contributed by atoms with Crippen LogP contribution in [0.1, 0.15) is 17.3 Å². The Balaban J connectivity index is 2.40. The van der Waals surface area contributed by atoms with Crippen LogP contribution in [0.15, 0.2) is 24.3 Å². The van der Waals surface area contributed by atoms with Crippen molar-refractivity contribution in [2.45, 2.75) is 6.92 Å². The first-order chi connectivity index (χ1) is 8.25. The second kappa shape index (κ2) is 7.31. The Morgan fingerprint density at radius 1 is 1.47 bits per heavy atom. The van der Waals surface area contributed by atoms with E-state index in [9.17, 15) is 4.79 Å². The van der Waals surface area contributed by atoms with E-state index in [1.165, 1.54) is 6.07 Å². The lowest BCUT2D eigenvalue weighted by atomic mass is 10.2. The zero-order valence-electron chi connectivity index (χ0n) is 9.69. The summed E-state index contributed by atoms with van der Waals surface area (Å²) < 4.78 is 5.39. The Morgan fingerprint density at radius 2 is 2.24 bits per heavy atom. The lowest BCUT2D eigenvalue weighted by Gasteiger charge is -2.08. The van der Waals surface area contributed by atoms with Crippen LogP contribution in [0, 0.1) is 11.8 Å². The minimum absolute atomic E-state index is 0.181. The summed E-state index contributed by atoms with van der Waals surface area (Å²) in [5, 5.41) is 12.0. The van der Waals surface area contributed by atoms with E-state index >= 15 is 0 Å². The van der Waals surface area contributed by atoms with Crippen LogP contribution in [0.3, 0.4) is 0 Å². The van der Waals surface area contributed by atoms with E-state index in [4.69, 9.17) is 9.84 Å². The monoisotopic (exact) mass is 233 g/mol. The van der Waals surface area contributed by atoms with Gasteiger partial charge in [0.1, 0.15) is 17.9 Å². The lowest BCUT2D eigenvalue weighted by molar-refractivity contribution is 0.0692. The number of carboxylic acid groups (broad SMARTS) is 1. The molecule has 1 rings (SSSR count). The maximum Gasteiger partial charge on any atom is 0.339 e. The average Bonchev–Trinajstić information content (AvgIpc) is 2.34. The molecule has 17 heavy (non-hydrogen) atoms. The predicted molar refractivity (Wildman–Crippen MR) is 65.2 cm³/mol. The molecule has 0 fully saturated rings. The fraction of sp³-hybridized carbons (Fsp3) is 0.308. The van der Waals surface area contributed by atoms with Gasteiger partial charge in [-0.25, -0.2) is 4.79 Å². The van der Waals surface area contributed by atoms with E-state index in [0.717, 1.165) is 0 Å². The molecule has 4 heteroatoms. The molecule has 4 nitrogen and oxygen atoms in total. The quantitative estimate of drug-likeness (QED) is 0.575. The molecule has 0 bridgehead atoms. The van der Waals surface area contributed by atoms with E-state index < -0.39 is 5.97 Å². The summed E-state index contributed by atoms with van der Waals surface area (Å²) in [6, 6.07) is 6.59. The number of hydrogen-bond donors (Lipinski definition) is 2. The van der Waals surface area contributed by atoms with Gasteiger partial charge >= 0.3 is 5.97 Å². The Kier molecular flexibility index (Phi) is 5.62. The first kappa shape index (κ1) is 13.1. The molecule has 2 N–H and O–H groups in total. The zero-order chi connectivity index (χ0) is 12.5. The fourth-order valence-corrected chi connectivity index (χ4v) is 1.24. The summed E-state index contributed by atoms with van der Waals surface area (Å²) >= 11 is 0. The number of benzene rings is 1. The highest BCUT2D eigenvalue weighted by Crippen LogP contribution is 2.17. The van der Waals surface area contributed by atoms with Gasteiger partial charge < -0.3 is 15.2 Å². The summed E-state index contributed by atoms with van der Waals surface area (Å²) in [6.07, 6.45) is 0. The molecule has 0 aliphatic carbocycles. The number of para-hydroxylation sites is 1. The molecule has 0 aliphatic rings. The number of nitrogens with one attached hydrogen (secondary N) is 1. The Hall–Kier alpha value is -1.99. The summed E-state index contributed by atoms with van der Waals surface area (Å²) in [7, 11) is 0. The molecule has 1 aromatic carbocycles. The standard InChI is InChI=1S/C13H15NO3/c1-2-3-8-14-9-10-17-12-7-5-4-6-11(12)13(15)16/h4-7,14H,8-10H2,1H3,(H,15,16). The van der Waals surface area contributed by atoms with E-state index in [1.54, 1.807) is 25.1 Å². The van der Waals surface area contributed by atoms with Crippen molar-refractivity contribution in [3.8, 4) is 17.6 Å². The molecule has 0 heterocycles. The molecule has 90 valence electrons. The van der Waals surface area contributed by atoms with Crippen LogP contribution in [0.5, 0.6) is 5.75 Å². The first-order valence-corrected chi connectivity index (χ1v) is 5.31. The zero-order valence-corrected chi connectivity index (χ0v) is 9.69. The van der Waals surface area contributed by atoms with Gasteiger partial charge in [-0.05, 0) is 19.1 Å². The fourth-order valence-electron chi connectivity index (χ4n) is 1.24. The van der Waals surface area contributed by atoms with Gasteiger partial charge in [-0.1, -0.05) is 18.1 Å². The molecule has 0 saturated carbocycles. The van der Waals surface area contributed by atoms with Crippen LogP contribution >= 0.6 is 0 Å². The molecule has 0 amide bonds. The largest absolute Gasteiger partial charge is 0.491 e. The smallest absolute Gasteiger partial charge is 0.339 e. The molecule has 0 saturated heterocycles.